The normalized spacial score (nSPS) is 28.5. The van der Waals surface area contributed by atoms with Gasteiger partial charge in [-0.15, -0.1) is 0 Å². The van der Waals surface area contributed by atoms with Gasteiger partial charge in [-0.2, -0.15) is 0 Å². The van der Waals surface area contributed by atoms with Crippen LogP contribution in [0.15, 0.2) is 24.3 Å². The van der Waals surface area contributed by atoms with Crippen LogP contribution in [0.25, 0.3) is 0 Å². The maximum Gasteiger partial charge on any atom is 0.343 e. The summed E-state index contributed by atoms with van der Waals surface area (Å²) in [5.74, 6) is -4.52. The van der Waals surface area contributed by atoms with Gasteiger partial charge in [-0.3, -0.25) is 0 Å². The largest absolute Gasteiger partial charge is 0.459 e. The summed E-state index contributed by atoms with van der Waals surface area (Å²) in [6, 6.07) is 6.77. The third-order valence-electron chi connectivity index (χ3n) is 5.09. The van der Waals surface area contributed by atoms with E-state index in [4.69, 9.17) is 4.74 Å². The Morgan fingerprint density at radius 3 is 2.58 bits per heavy atom. The smallest absolute Gasteiger partial charge is 0.343 e. The number of esters is 1. The number of hydrogen-bond acceptors (Lipinski definition) is 4. The molecule has 1 aliphatic heterocycles. The lowest BCUT2D eigenvalue weighted by Crippen LogP contribution is -2.45. The lowest BCUT2D eigenvalue weighted by molar-refractivity contribution is -0.179. The first-order chi connectivity index (χ1) is 11.3. The zero-order valence-corrected chi connectivity index (χ0v) is 13.7. The number of ether oxygens (including phenoxy) is 1. The molecular formula is C18H23F2NO3. The van der Waals surface area contributed by atoms with Crippen LogP contribution in [0, 0.1) is 12.8 Å². The molecule has 0 amide bonds. The first kappa shape index (κ1) is 17.3. The molecule has 0 spiro atoms. The molecular weight excluding hydrogens is 316 g/mol. The molecule has 1 saturated carbocycles. The third kappa shape index (κ3) is 3.30. The Kier molecular flexibility index (Phi) is 4.62. The molecule has 2 fully saturated rings. The van der Waals surface area contributed by atoms with Gasteiger partial charge in [0.25, 0.3) is 0 Å². The molecule has 1 aromatic carbocycles. The van der Waals surface area contributed by atoms with Crippen molar-refractivity contribution in [2.24, 2.45) is 5.92 Å². The van der Waals surface area contributed by atoms with Gasteiger partial charge in [-0.1, -0.05) is 29.8 Å². The SMILES string of the molecule is Cc1ccc([C@@](O)(C(=O)OC2CCNC2)[C@@H]2CCC(F)(F)C2)cc1. The van der Waals surface area contributed by atoms with Crippen LogP contribution in [0.5, 0.6) is 0 Å². The van der Waals surface area contributed by atoms with Crippen LogP contribution in [0.2, 0.25) is 0 Å². The number of hydrogen-bond donors (Lipinski definition) is 2. The molecule has 132 valence electrons. The highest BCUT2D eigenvalue weighted by Crippen LogP contribution is 2.48. The number of nitrogens with one attached hydrogen (secondary N) is 1. The second-order valence-corrected chi connectivity index (χ2v) is 6.95. The Labute approximate surface area is 140 Å². The van der Waals surface area contributed by atoms with Crippen LogP contribution in [0.1, 0.15) is 36.8 Å². The minimum Gasteiger partial charge on any atom is -0.459 e. The zero-order chi connectivity index (χ0) is 17.4. The third-order valence-corrected chi connectivity index (χ3v) is 5.09. The van der Waals surface area contributed by atoms with E-state index in [0.717, 1.165) is 12.1 Å². The lowest BCUT2D eigenvalue weighted by atomic mass is 9.79. The Balaban J connectivity index is 1.90. The van der Waals surface area contributed by atoms with E-state index in [9.17, 15) is 18.7 Å². The minimum absolute atomic E-state index is 0.0927. The summed E-state index contributed by atoms with van der Waals surface area (Å²) < 4.78 is 32.8. The van der Waals surface area contributed by atoms with Crippen molar-refractivity contribution in [2.75, 3.05) is 13.1 Å². The molecule has 1 heterocycles. The molecule has 3 rings (SSSR count). The molecule has 4 nitrogen and oxygen atoms in total. The van der Waals surface area contributed by atoms with Crippen molar-refractivity contribution in [1.82, 2.24) is 5.32 Å². The van der Waals surface area contributed by atoms with Crippen molar-refractivity contribution in [3.05, 3.63) is 35.4 Å². The summed E-state index contributed by atoms with van der Waals surface area (Å²) in [7, 11) is 0. The van der Waals surface area contributed by atoms with Gasteiger partial charge in [0.1, 0.15) is 6.10 Å². The van der Waals surface area contributed by atoms with E-state index in [1.807, 2.05) is 6.92 Å². The Morgan fingerprint density at radius 1 is 1.33 bits per heavy atom. The average Bonchev–Trinajstić information content (AvgIpc) is 3.16. The Bertz CT molecular complexity index is 599. The van der Waals surface area contributed by atoms with Crippen molar-refractivity contribution < 1.29 is 23.4 Å². The van der Waals surface area contributed by atoms with Gasteiger partial charge in [0.15, 0.2) is 5.60 Å². The van der Waals surface area contributed by atoms with Crippen molar-refractivity contribution in [2.45, 2.75) is 50.2 Å². The first-order valence-electron chi connectivity index (χ1n) is 8.40. The highest BCUT2D eigenvalue weighted by Gasteiger charge is 2.54. The van der Waals surface area contributed by atoms with Crippen LogP contribution < -0.4 is 5.32 Å². The Morgan fingerprint density at radius 2 is 2.04 bits per heavy atom. The fourth-order valence-electron chi connectivity index (χ4n) is 3.60. The van der Waals surface area contributed by atoms with E-state index in [1.54, 1.807) is 24.3 Å². The van der Waals surface area contributed by atoms with Crippen LogP contribution in [-0.4, -0.2) is 36.2 Å². The van der Waals surface area contributed by atoms with Gasteiger partial charge in [0.2, 0.25) is 5.92 Å². The number of alkyl halides is 2. The fraction of sp³-hybridized carbons (Fsp3) is 0.611. The maximum atomic E-state index is 13.7. The van der Waals surface area contributed by atoms with Crippen LogP contribution >= 0.6 is 0 Å². The lowest BCUT2D eigenvalue weighted by Gasteiger charge is -2.33. The van der Waals surface area contributed by atoms with Gasteiger partial charge < -0.3 is 15.2 Å². The molecule has 3 atom stereocenters. The molecule has 0 bridgehead atoms. The second-order valence-electron chi connectivity index (χ2n) is 6.95. The number of carbonyl (C=O) groups excluding carboxylic acids is 1. The van der Waals surface area contributed by atoms with E-state index in [-0.39, 0.29) is 18.9 Å². The molecule has 1 aromatic rings. The van der Waals surface area contributed by atoms with Crippen molar-refractivity contribution in [1.29, 1.82) is 0 Å². The summed E-state index contributed by atoms with van der Waals surface area (Å²) in [4.78, 5) is 12.8. The second kappa shape index (κ2) is 6.41. The molecule has 2 N–H and O–H groups in total. The highest BCUT2D eigenvalue weighted by molar-refractivity contribution is 5.82. The predicted octanol–water partition coefficient (Wildman–Crippen LogP) is 2.52. The number of benzene rings is 1. The van der Waals surface area contributed by atoms with Crippen LogP contribution in [-0.2, 0) is 15.1 Å². The molecule has 0 aromatic heterocycles. The number of aliphatic hydroxyl groups is 1. The van der Waals surface area contributed by atoms with E-state index in [0.29, 0.717) is 18.5 Å². The number of carbonyl (C=O) groups is 1. The summed E-state index contributed by atoms with van der Waals surface area (Å²) in [6.45, 7) is 3.15. The summed E-state index contributed by atoms with van der Waals surface area (Å²) in [5.41, 5.74) is -0.742. The topological polar surface area (TPSA) is 58.6 Å². The fourth-order valence-corrected chi connectivity index (χ4v) is 3.60. The molecule has 1 unspecified atom stereocenters. The van der Waals surface area contributed by atoms with Crippen molar-refractivity contribution >= 4 is 5.97 Å². The number of halogens is 2. The summed E-state index contributed by atoms with van der Waals surface area (Å²) >= 11 is 0. The number of aryl methyl sites for hydroxylation is 1. The average molecular weight is 339 g/mol. The van der Waals surface area contributed by atoms with E-state index in [2.05, 4.69) is 5.32 Å². The van der Waals surface area contributed by atoms with E-state index < -0.39 is 29.8 Å². The summed E-state index contributed by atoms with van der Waals surface area (Å²) in [5, 5.41) is 14.3. The van der Waals surface area contributed by atoms with Crippen LogP contribution in [0.4, 0.5) is 8.78 Å². The molecule has 6 heteroatoms. The molecule has 24 heavy (non-hydrogen) atoms. The summed E-state index contributed by atoms with van der Waals surface area (Å²) in [6.07, 6.45) is -0.387. The molecule has 1 aliphatic carbocycles. The predicted molar refractivity (Wildman–Crippen MR) is 84.7 cm³/mol. The van der Waals surface area contributed by atoms with E-state index in [1.165, 1.54) is 0 Å². The van der Waals surface area contributed by atoms with Crippen molar-refractivity contribution in [3.63, 3.8) is 0 Å². The monoisotopic (exact) mass is 339 g/mol. The quantitative estimate of drug-likeness (QED) is 0.828. The van der Waals surface area contributed by atoms with Gasteiger partial charge in [-0.25, -0.2) is 13.6 Å². The zero-order valence-electron chi connectivity index (χ0n) is 13.7. The van der Waals surface area contributed by atoms with Crippen molar-refractivity contribution in [3.8, 4) is 0 Å². The number of rotatable bonds is 4. The van der Waals surface area contributed by atoms with E-state index >= 15 is 0 Å². The molecule has 1 saturated heterocycles. The Hall–Kier alpha value is -1.53. The van der Waals surface area contributed by atoms with Gasteiger partial charge in [-0.05, 0) is 31.9 Å². The highest BCUT2D eigenvalue weighted by atomic mass is 19.3. The molecule has 2 aliphatic rings. The standard InChI is InChI=1S/C18H23F2NO3/c1-12-2-4-13(5-3-12)18(23,14-6-8-17(19,20)10-14)16(22)24-15-7-9-21-11-15/h2-5,14-15,21,23H,6-11H2,1H3/t14-,15?,18+/m1/s1. The van der Waals surface area contributed by atoms with Gasteiger partial charge in [0.05, 0.1) is 0 Å². The molecule has 0 radical (unpaired) electrons. The van der Waals surface area contributed by atoms with Crippen LogP contribution in [0.3, 0.4) is 0 Å². The van der Waals surface area contributed by atoms with Gasteiger partial charge >= 0.3 is 5.97 Å². The first-order valence-corrected chi connectivity index (χ1v) is 8.40. The minimum atomic E-state index is -2.85. The van der Waals surface area contributed by atoms with Gasteiger partial charge in [0, 0.05) is 25.3 Å². The maximum absolute atomic E-state index is 13.7.